The van der Waals surface area contributed by atoms with Crippen LogP contribution in [0.4, 0.5) is 5.82 Å². The zero-order chi connectivity index (χ0) is 13.0. The van der Waals surface area contributed by atoms with Crippen LogP contribution in [0.1, 0.15) is 32.6 Å². The lowest BCUT2D eigenvalue weighted by atomic mass is 10.0. The predicted molar refractivity (Wildman–Crippen MR) is 67.3 cm³/mol. The first kappa shape index (κ1) is 12.9. The largest absolute Gasteiger partial charge is 0.467 e. The highest BCUT2D eigenvalue weighted by Gasteiger charge is 2.31. The summed E-state index contributed by atoms with van der Waals surface area (Å²) in [4.78, 5) is 13.9. The zero-order valence-corrected chi connectivity index (χ0v) is 11.0. The highest BCUT2D eigenvalue weighted by atomic mass is 16.5. The molecule has 6 nitrogen and oxygen atoms in total. The number of nitrogens with zero attached hydrogens (tertiary/aromatic N) is 4. The minimum absolute atomic E-state index is 0.168. The molecule has 1 aliphatic heterocycles. The summed E-state index contributed by atoms with van der Waals surface area (Å²) in [7, 11) is 1.44. The fourth-order valence-electron chi connectivity index (χ4n) is 2.43. The second-order valence-electron chi connectivity index (χ2n) is 4.54. The number of anilines is 1. The van der Waals surface area contributed by atoms with Crippen molar-refractivity contribution < 1.29 is 9.53 Å². The fourth-order valence-corrected chi connectivity index (χ4v) is 2.43. The van der Waals surface area contributed by atoms with Gasteiger partial charge in [-0.25, -0.2) is 9.48 Å². The van der Waals surface area contributed by atoms with E-state index in [0.717, 1.165) is 44.6 Å². The van der Waals surface area contributed by atoms with E-state index in [0.29, 0.717) is 0 Å². The number of hydrogen-bond acceptors (Lipinski definition) is 5. The summed E-state index contributed by atoms with van der Waals surface area (Å²) in [5, 5.41) is 8.03. The highest BCUT2D eigenvalue weighted by Crippen LogP contribution is 2.24. The molecule has 1 aromatic heterocycles. The molecule has 0 amide bonds. The van der Waals surface area contributed by atoms with Gasteiger partial charge in [0, 0.05) is 13.1 Å². The molecule has 0 aliphatic carbocycles. The normalized spacial score (nSPS) is 19.9. The highest BCUT2D eigenvalue weighted by molar-refractivity contribution is 5.79. The standard InChI is InChI=1S/C12H20N4O2/c1-3-7-16-11(9-13-14-16)15-8-5-4-6-10(15)12(17)18-2/h9-10H,3-8H2,1-2H3. The third kappa shape index (κ3) is 2.47. The Hall–Kier alpha value is -1.59. The summed E-state index contributed by atoms with van der Waals surface area (Å²) in [6, 6.07) is -0.196. The quantitative estimate of drug-likeness (QED) is 0.754. The first-order chi connectivity index (χ1) is 8.77. The summed E-state index contributed by atoms with van der Waals surface area (Å²) < 4.78 is 6.75. The Kier molecular flexibility index (Phi) is 4.17. The van der Waals surface area contributed by atoms with Crippen LogP contribution in [-0.2, 0) is 16.1 Å². The van der Waals surface area contributed by atoms with Gasteiger partial charge < -0.3 is 9.64 Å². The van der Waals surface area contributed by atoms with Gasteiger partial charge in [-0.05, 0) is 25.7 Å². The average molecular weight is 252 g/mol. The van der Waals surface area contributed by atoms with Crippen LogP contribution in [0.15, 0.2) is 6.20 Å². The first-order valence-electron chi connectivity index (χ1n) is 6.51. The molecule has 0 aromatic carbocycles. The van der Waals surface area contributed by atoms with Gasteiger partial charge in [0.25, 0.3) is 0 Å². The van der Waals surface area contributed by atoms with Crippen molar-refractivity contribution in [1.29, 1.82) is 0 Å². The van der Waals surface area contributed by atoms with E-state index in [2.05, 4.69) is 22.1 Å². The van der Waals surface area contributed by atoms with Crippen molar-refractivity contribution in [2.24, 2.45) is 0 Å². The molecule has 2 rings (SSSR count). The van der Waals surface area contributed by atoms with Crippen molar-refractivity contribution >= 4 is 11.8 Å². The van der Waals surface area contributed by atoms with Gasteiger partial charge in [0.15, 0.2) is 0 Å². The number of esters is 1. The molecular formula is C12H20N4O2. The molecule has 1 aliphatic rings. The van der Waals surface area contributed by atoms with E-state index in [1.807, 2.05) is 4.68 Å². The van der Waals surface area contributed by atoms with Crippen LogP contribution in [-0.4, -0.2) is 40.7 Å². The second-order valence-corrected chi connectivity index (χ2v) is 4.54. The van der Waals surface area contributed by atoms with Crippen LogP contribution >= 0.6 is 0 Å². The molecule has 0 N–H and O–H groups in total. The Morgan fingerprint density at radius 2 is 2.39 bits per heavy atom. The molecule has 1 fully saturated rings. The molecule has 0 saturated carbocycles. The summed E-state index contributed by atoms with van der Waals surface area (Å²) in [5.41, 5.74) is 0. The van der Waals surface area contributed by atoms with E-state index in [-0.39, 0.29) is 12.0 Å². The molecule has 1 aromatic rings. The molecule has 0 bridgehead atoms. The number of rotatable bonds is 4. The van der Waals surface area contributed by atoms with Gasteiger partial charge >= 0.3 is 5.97 Å². The van der Waals surface area contributed by atoms with Gasteiger partial charge in [-0.1, -0.05) is 12.1 Å². The van der Waals surface area contributed by atoms with Gasteiger partial charge in [-0.2, -0.15) is 0 Å². The number of carbonyl (C=O) groups is 1. The molecule has 0 spiro atoms. The minimum Gasteiger partial charge on any atom is -0.467 e. The van der Waals surface area contributed by atoms with Crippen molar-refractivity contribution in [3.05, 3.63) is 6.20 Å². The molecule has 1 unspecified atom stereocenters. The van der Waals surface area contributed by atoms with E-state index in [1.54, 1.807) is 6.20 Å². The molecule has 1 atom stereocenters. The molecule has 18 heavy (non-hydrogen) atoms. The van der Waals surface area contributed by atoms with Crippen molar-refractivity contribution in [3.63, 3.8) is 0 Å². The number of methoxy groups -OCH3 is 1. The number of aryl methyl sites for hydroxylation is 1. The molecule has 6 heteroatoms. The topological polar surface area (TPSA) is 60.2 Å². The van der Waals surface area contributed by atoms with E-state index in [4.69, 9.17) is 4.74 Å². The predicted octanol–water partition coefficient (Wildman–Crippen LogP) is 1.22. The van der Waals surface area contributed by atoms with Crippen LogP contribution < -0.4 is 4.90 Å². The Balaban J connectivity index is 2.22. The van der Waals surface area contributed by atoms with E-state index < -0.39 is 0 Å². The first-order valence-corrected chi connectivity index (χ1v) is 6.51. The molecular weight excluding hydrogens is 232 g/mol. The zero-order valence-electron chi connectivity index (χ0n) is 11.0. The number of piperidine rings is 1. The van der Waals surface area contributed by atoms with E-state index in [1.165, 1.54) is 7.11 Å². The Bertz CT molecular complexity index is 405. The molecule has 100 valence electrons. The summed E-state index contributed by atoms with van der Waals surface area (Å²) >= 11 is 0. The lowest BCUT2D eigenvalue weighted by Gasteiger charge is -2.34. The van der Waals surface area contributed by atoms with Gasteiger partial charge in [0.05, 0.1) is 13.3 Å². The monoisotopic (exact) mass is 252 g/mol. The van der Waals surface area contributed by atoms with Crippen molar-refractivity contribution in [2.75, 3.05) is 18.6 Å². The maximum atomic E-state index is 11.8. The second kappa shape index (κ2) is 5.84. The SMILES string of the molecule is CCCn1nncc1N1CCCCC1C(=O)OC. The van der Waals surface area contributed by atoms with Gasteiger partial charge in [-0.15, -0.1) is 5.10 Å². The van der Waals surface area contributed by atoms with Crippen LogP contribution in [0.2, 0.25) is 0 Å². The summed E-state index contributed by atoms with van der Waals surface area (Å²) in [5.74, 6) is 0.755. The average Bonchev–Trinajstić information content (AvgIpc) is 2.86. The Labute approximate surface area is 107 Å². The van der Waals surface area contributed by atoms with Crippen LogP contribution in [0.3, 0.4) is 0 Å². The number of ether oxygens (including phenoxy) is 1. The lowest BCUT2D eigenvalue weighted by molar-refractivity contribution is -0.142. The fraction of sp³-hybridized carbons (Fsp3) is 0.750. The van der Waals surface area contributed by atoms with Crippen molar-refractivity contribution in [2.45, 2.75) is 45.2 Å². The van der Waals surface area contributed by atoms with Crippen molar-refractivity contribution in [1.82, 2.24) is 15.0 Å². The van der Waals surface area contributed by atoms with Gasteiger partial charge in [0.1, 0.15) is 11.9 Å². The third-order valence-corrected chi connectivity index (χ3v) is 3.30. The molecule has 0 radical (unpaired) electrons. The van der Waals surface area contributed by atoms with Crippen molar-refractivity contribution in [3.8, 4) is 0 Å². The maximum Gasteiger partial charge on any atom is 0.328 e. The van der Waals surface area contributed by atoms with E-state index in [9.17, 15) is 4.79 Å². The number of aromatic nitrogens is 3. The molecule has 2 heterocycles. The summed E-state index contributed by atoms with van der Waals surface area (Å²) in [6.07, 6.45) is 5.71. The van der Waals surface area contributed by atoms with Crippen LogP contribution in [0, 0.1) is 0 Å². The third-order valence-electron chi connectivity index (χ3n) is 3.30. The van der Waals surface area contributed by atoms with Crippen LogP contribution in [0.5, 0.6) is 0 Å². The molecule has 1 saturated heterocycles. The smallest absolute Gasteiger partial charge is 0.328 e. The maximum absolute atomic E-state index is 11.8. The van der Waals surface area contributed by atoms with Gasteiger partial charge in [0.2, 0.25) is 0 Å². The Morgan fingerprint density at radius 1 is 1.56 bits per heavy atom. The number of carbonyl (C=O) groups excluding carboxylic acids is 1. The van der Waals surface area contributed by atoms with E-state index >= 15 is 0 Å². The number of hydrogen-bond donors (Lipinski definition) is 0. The minimum atomic E-state index is -0.196. The van der Waals surface area contributed by atoms with Crippen LogP contribution in [0.25, 0.3) is 0 Å². The lowest BCUT2D eigenvalue weighted by Crippen LogP contribution is -2.46. The summed E-state index contributed by atoms with van der Waals surface area (Å²) in [6.45, 7) is 3.77. The Morgan fingerprint density at radius 3 is 3.11 bits per heavy atom. The van der Waals surface area contributed by atoms with Gasteiger partial charge in [-0.3, -0.25) is 0 Å².